The van der Waals surface area contributed by atoms with E-state index in [1.807, 2.05) is 0 Å². The van der Waals surface area contributed by atoms with E-state index >= 15 is 0 Å². The van der Waals surface area contributed by atoms with Crippen LogP contribution in [-0.4, -0.2) is 42.9 Å². The van der Waals surface area contributed by atoms with Crippen molar-refractivity contribution < 1.29 is 38.2 Å². The van der Waals surface area contributed by atoms with E-state index in [4.69, 9.17) is 9.47 Å². The van der Waals surface area contributed by atoms with Crippen molar-refractivity contribution in [1.82, 2.24) is 0 Å². The number of ether oxygens (including phenoxy) is 3. The lowest BCUT2D eigenvalue weighted by molar-refractivity contribution is -0.153. The molecule has 0 saturated heterocycles. The number of Topliss-reactive ketones (excluding diaryl/α,β-unsaturated/α-hetero) is 1. The maximum atomic E-state index is 11.9. The van der Waals surface area contributed by atoms with E-state index < -0.39 is 29.7 Å². The number of ketones is 1. The van der Waals surface area contributed by atoms with E-state index in [1.165, 1.54) is 18.2 Å². The largest absolute Gasteiger partial charge is 0.462 e. The molecule has 0 spiro atoms. The summed E-state index contributed by atoms with van der Waals surface area (Å²) in [6.07, 6.45) is 0.289. The molecule has 1 aliphatic rings. The summed E-state index contributed by atoms with van der Waals surface area (Å²) in [5, 5.41) is 0. The number of rotatable bonds is 7. The molecule has 8 nitrogen and oxygen atoms in total. The van der Waals surface area contributed by atoms with Gasteiger partial charge < -0.3 is 14.2 Å². The highest BCUT2D eigenvalue weighted by Crippen LogP contribution is 2.21. The molecule has 126 valence electrons. The zero-order chi connectivity index (χ0) is 17.7. The topological polar surface area (TPSA) is 113 Å². The number of esters is 4. The van der Waals surface area contributed by atoms with Crippen LogP contribution in [0.25, 0.3) is 0 Å². The molecule has 8 heteroatoms. The van der Waals surface area contributed by atoms with Crippen LogP contribution >= 0.6 is 0 Å². The van der Waals surface area contributed by atoms with Crippen LogP contribution in [0.4, 0.5) is 0 Å². The fourth-order valence-electron chi connectivity index (χ4n) is 1.91. The molecule has 1 aromatic rings. The lowest BCUT2D eigenvalue weighted by atomic mass is 10.1. The fraction of sp³-hybridized carbons (Fsp3) is 0.312. The van der Waals surface area contributed by atoms with Crippen molar-refractivity contribution in [2.24, 2.45) is 0 Å². The standard InChI is InChI=1S/C16H14O8/c1-2-12(17)16(21)23-7-3-6-22-13(18)9-4-5-10-11(8-9)15(20)24-14(10)19/h4-5,8H,2-3,6-7H2,1H3. The first kappa shape index (κ1) is 17.3. The van der Waals surface area contributed by atoms with Crippen molar-refractivity contribution in [2.45, 2.75) is 19.8 Å². The van der Waals surface area contributed by atoms with Gasteiger partial charge in [0.2, 0.25) is 5.78 Å². The van der Waals surface area contributed by atoms with Crippen molar-refractivity contribution in [3.05, 3.63) is 34.9 Å². The van der Waals surface area contributed by atoms with E-state index in [9.17, 15) is 24.0 Å². The van der Waals surface area contributed by atoms with Gasteiger partial charge in [0.15, 0.2) is 0 Å². The van der Waals surface area contributed by atoms with Gasteiger partial charge in [0.05, 0.1) is 29.9 Å². The molecule has 24 heavy (non-hydrogen) atoms. The summed E-state index contributed by atoms with van der Waals surface area (Å²) >= 11 is 0. The summed E-state index contributed by atoms with van der Waals surface area (Å²) in [6, 6.07) is 3.89. The highest BCUT2D eigenvalue weighted by Gasteiger charge is 2.30. The number of fused-ring (bicyclic) bond motifs is 1. The Morgan fingerprint density at radius 3 is 2.38 bits per heavy atom. The zero-order valence-electron chi connectivity index (χ0n) is 12.8. The first-order valence-corrected chi connectivity index (χ1v) is 7.21. The fourth-order valence-corrected chi connectivity index (χ4v) is 1.91. The molecular weight excluding hydrogens is 320 g/mol. The highest BCUT2D eigenvalue weighted by atomic mass is 16.6. The van der Waals surface area contributed by atoms with Crippen LogP contribution in [-0.2, 0) is 23.8 Å². The maximum Gasteiger partial charge on any atom is 0.374 e. The molecule has 0 aliphatic carbocycles. The molecule has 0 N–H and O–H groups in total. The number of carbonyl (C=O) groups is 5. The Morgan fingerprint density at radius 1 is 1.00 bits per heavy atom. The van der Waals surface area contributed by atoms with Crippen LogP contribution in [0, 0.1) is 0 Å². The monoisotopic (exact) mass is 334 g/mol. The summed E-state index contributed by atoms with van der Waals surface area (Å²) < 4.78 is 14.1. The second kappa shape index (κ2) is 7.49. The summed E-state index contributed by atoms with van der Waals surface area (Å²) in [5.74, 6) is -3.78. The van der Waals surface area contributed by atoms with Gasteiger partial charge in [-0.2, -0.15) is 0 Å². The predicted octanol–water partition coefficient (Wildman–Crippen LogP) is 1.07. The highest BCUT2D eigenvalue weighted by molar-refractivity contribution is 6.33. The Kier molecular flexibility index (Phi) is 5.41. The van der Waals surface area contributed by atoms with Crippen LogP contribution in [0.5, 0.6) is 0 Å². The van der Waals surface area contributed by atoms with Gasteiger partial charge in [-0.05, 0) is 18.2 Å². The first-order valence-electron chi connectivity index (χ1n) is 7.21. The molecule has 2 rings (SSSR count). The van der Waals surface area contributed by atoms with Crippen LogP contribution in [0.2, 0.25) is 0 Å². The number of hydrogen-bond donors (Lipinski definition) is 0. The van der Waals surface area contributed by atoms with E-state index in [1.54, 1.807) is 6.92 Å². The SMILES string of the molecule is CCC(=O)C(=O)OCCCOC(=O)c1ccc2c(c1)C(=O)OC2=O. The lowest BCUT2D eigenvalue weighted by Crippen LogP contribution is -2.18. The lowest BCUT2D eigenvalue weighted by Gasteiger charge is -2.06. The Morgan fingerprint density at radius 2 is 1.67 bits per heavy atom. The van der Waals surface area contributed by atoms with E-state index in [0.29, 0.717) is 0 Å². The molecular formula is C16H14O8. The minimum atomic E-state index is -0.911. The maximum absolute atomic E-state index is 11.9. The van der Waals surface area contributed by atoms with Gasteiger partial charge in [-0.1, -0.05) is 6.92 Å². The summed E-state index contributed by atoms with van der Waals surface area (Å²) in [7, 11) is 0. The van der Waals surface area contributed by atoms with Gasteiger partial charge in [0.1, 0.15) is 0 Å². The number of carbonyl (C=O) groups excluding carboxylic acids is 5. The van der Waals surface area contributed by atoms with Crippen molar-refractivity contribution in [1.29, 1.82) is 0 Å². The molecule has 0 atom stereocenters. The minimum Gasteiger partial charge on any atom is -0.462 e. The van der Waals surface area contributed by atoms with E-state index in [-0.39, 0.29) is 42.7 Å². The van der Waals surface area contributed by atoms with Gasteiger partial charge >= 0.3 is 23.9 Å². The quantitative estimate of drug-likeness (QED) is 0.239. The Hall–Kier alpha value is -3.03. The van der Waals surface area contributed by atoms with Crippen LogP contribution in [0.1, 0.15) is 50.8 Å². The summed E-state index contributed by atoms with van der Waals surface area (Å²) in [5.41, 5.74) is 0.212. The van der Waals surface area contributed by atoms with Gasteiger partial charge in [0, 0.05) is 12.8 Å². The van der Waals surface area contributed by atoms with E-state index in [0.717, 1.165) is 0 Å². The molecule has 0 saturated carbocycles. The van der Waals surface area contributed by atoms with Crippen molar-refractivity contribution in [3.8, 4) is 0 Å². The Balaban J connectivity index is 1.81. The smallest absolute Gasteiger partial charge is 0.374 e. The third-order valence-corrected chi connectivity index (χ3v) is 3.18. The van der Waals surface area contributed by atoms with E-state index in [2.05, 4.69) is 4.74 Å². The van der Waals surface area contributed by atoms with Crippen LogP contribution in [0.3, 0.4) is 0 Å². The van der Waals surface area contributed by atoms with Crippen molar-refractivity contribution in [3.63, 3.8) is 0 Å². The Labute approximate surface area is 136 Å². The molecule has 1 aromatic carbocycles. The number of benzene rings is 1. The molecule has 0 bridgehead atoms. The molecule has 0 aromatic heterocycles. The van der Waals surface area contributed by atoms with Crippen LogP contribution < -0.4 is 0 Å². The normalized spacial score (nSPS) is 12.4. The predicted molar refractivity (Wildman–Crippen MR) is 77.3 cm³/mol. The number of hydrogen-bond acceptors (Lipinski definition) is 8. The number of cyclic esters (lactones) is 2. The van der Waals surface area contributed by atoms with Crippen molar-refractivity contribution in [2.75, 3.05) is 13.2 Å². The molecule has 0 amide bonds. The molecule has 0 radical (unpaired) electrons. The summed E-state index contributed by atoms with van der Waals surface area (Å²) in [4.78, 5) is 56.7. The molecule has 1 heterocycles. The first-order chi connectivity index (χ1) is 11.4. The average Bonchev–Trinajstić information content (AvgIpc) is 2.87. The second-order valence-electron chi connectivity index (χ2n) is 4.84. The van der Waals surface area contributed by atoms with Gasteiger partial charge in [-0.15, -0.1) is 0 Å². The van der Waals surface area contributed by atoms with Crippen LogP contribution in [0.15, 0.2) is 18.2 Å². The molecule has 0 fully saturated rings. The summed E-state index contributed by atoms with van der Waals surface area (Å²) in [6.45, 7) is 1.46. The van der Waals surface area contributed by atoms with Gasteiger partial charge in [-0.25, -0.2) is 19.2 Å². The molecule has 0 unspecified atom stereocenters. The van der Waals surface area contributed by atoms with Crippen molar-refractivity contribution >= 4 is 29.7 Å². The molecule has 1 aliphatic heterocycles. The second-order valence-corrected chi connectivity index (χ2v) is 4.84. The third-order valence-electron chi connectivity index (χ3n) is 3.18. The minimum absolute atomic E-state index is 0.0152. The Bertz CT molecular complexity index is 719. The third kappa shape index (κ3) is 3.83. The zero-order valence-corrected chi connectivity index (χ0v) is 12.8. The average molecular weight is 334 g/mol. The van der Waals surface area contributed by atoms with Gasteiger partial charge in [-0.3, -0.25) is 4.79 Å². The van der Waals surface area contributed by atoms with Gasteiger partial charge in [0.25, 0.3) is 0 Å².